The van der Waals surface area contributed by atoms with Crippen LogP contribution in [0.4, 0.5) is 0 Å². The third-order valence-corrected chi connectivity index (χ3v) is 5.91. The van der Waals surface area contributed by atoms with E-state index < -0.39 is 0 Å². The first-order chi connectivity index (χ1) is 12.7. The third kappa shape index (κ3) is 2.54. The highest BCUT2D eigenvalue weighted by Crippen LogP contribution is 2.52. The molecule has 7 heteroatoms. The number of carbonyl (C=O) groups is 2. The molecule has 7 nitrogen and oxygen atoms in total. The molecule has 2 aliphatic heterocycles. The van der Waals surface area contributed by atoms with E-state index in [9.17, 15) is 9.59 Å². The minimum atomic E-state index is -0.219. The molecule has 3 heterocycles. The van der Waals surface area contributed by atoms with Gasteiger partial charge in [-0.2, -0.15) is 10.1 Å². The van der Waals surface area contributed by atoms with E-state index in [1.54, 1.807) is 0 Å². The lowest BCUT2D eigenvalue weighted by Crippen LogP contribution is -2.35. The maximum Gasteiger partial charge on any atom is 0.254 e. The Bertz CT molecular complexity index is 762. The number of fused-ring (bicyclic) bond motifs is 5. The van der Waals surface area contributed by atoms with Gasteiger partial charge in [0.15, 0.2) is 0 Å². The van der Waals surface area contributed by atoms with Crippen LogP contribution in [-0.2, 0) is 20.9 Å². The first-order valence-electron chi connectivity index (χ1n) is 9.19. The molecular weight excluding hydrogens is 334 g/mol. The summed E-state index contributed by atoms with van der Waals surface area (Å²) in [6, 6.07) is 3.72. The Balaban J connectivity index is 1.26. The van der Waals surface area contributed by atoms with Crippen molar-refractivity contribution in [3.63, 3.8) is 0 Å². The summed E-state index contributed by atoms with van der Waals surface area (Å²) in [5.41, 5.74) is 0. The Kier molecular flexibility index (Phi) is 3.79. The van der Waals surface area contributed by atoms with Crippen LogP contribution in [0, 0.1) is 23.7 Å². The van der Waals surface area contributed by atoms with E-state index in [2.05, 4.69) is 22.2 Å². The zero-order valence-corrected chi connectivity index (χ0v) is 14.4. The summed E-state index contributed by atoms with van der Waals surface area (Å²) in [7, 11) is 0. The van der Waals surface area contributed by atoms with Crippen molar-refractivity contribution in [2.45, 2.75) is 13.0 Å². The van der Waals surface area contributed by atoms with Crippen molar-refractivity contribution in [1.29, 1.82) is 0 Å². The lowest BCUT2D eigenvalue weighted by molar-refractivity contribution is -0.140. The summed E-state index contributed by atoms with van der Waals surface area (Å²) in [6.45, 7) is 3.98. The number of rotatable bonds is 4. The number of hydrazone groups is 1. The van der Waals surface area contributed by atoms with Crippen LogP contribution in [0.25, 0.3) is 0 Å². The van der Waals surface area contributed by atoms with Crippen LogP contribution in [0.5, 0.6) is 0 Å². The fraction of sp³-hybridized carbons (Fsp3) is 0.526. The van der Waals surface area contributed by atoms with Crippen LogP contribution in [0.2, 0.25) is 0 Å². The average Bonchev–Trinajstić information content (AvgIpc) is 3.41. The third-order valence-electron chi connectivity index (χ3n) is 5.91. The predicted octanol–water partition coefficient (Wildman–Crippen LogP) is 1.25. The van der Waals surface area contributed by atoms with Crippen molar-refractivity contribution in [1.82, 2.24) is 9.91 Å². The number of amides is 2. The Morgan fingerprint density at radius 2 is 1.77 bits per heavy atom. The summed E-state index contributed by atoms with van der Waals surface area (Å²) < 4.78 is 11.1. The summed E-state index contributed by atoms with van der Waals surface area (Å²) in [5.74, 6) is 1.00. The number of hydrogen-bond donors (Lipinski definition) is 0. The normalized spacial score (nSPS) is 33.8. The zero-order chi connectivity index (χ0) is 17.7. The smallest absolute Gasteiger partial charge is 0.254 e. The fourth-order valence-corrected chi connectivity index (χ4v) is 4.64. The quantitative estimate of drug-likeness (QED) is 0.462. The van der Waals surface area contributed by atoms with E-state index in [0.717, 1.165) is 50.0 Å². The van der Waals surface area contributed by atoms with E-state index in [1.807, 2.05) is 12.1 Å². The van der Waals surface area contributed by atoms with Crippen molar-refractivity contribution >= 4 is 18.0 Å². The number of nitrogens with zero attached hydrogens (tertiary/aromatic N) is 3. The van der Waals surface area contributed by atoms with Gasteiger partial charge in [-0.3, -0.25) is 14.5 Å². The number of furan rings is 1. The number of morpholine rings is 1. The van der Waals surface area contributed by atoms with Crippen molar-refractivity contribution in [3.05, 3.63) is 35.8 Å². The second-order valence-corrected chi connectivity index (χ2v) is 7.43. The molecule has 3 fully saturated rings. The van der Waals surface area contributed by atoms with E-state index in [4.69, 9.17) is 9.15 Å². The summed E-state index contributed by atoms with van der Waals surface area (Å²) in [4.78, 5) is 27.4. The van der Waals surface area contributed by atoms with Crippen LogP contribution in [0.3, 0.4) is 0 Å². The predicted molar refractivity (Wildman–Crippen MR) is 92.0 cm³/mol. The Labute approximate surface area is 151 Å². The molecule has 0 spiro atoms. The molecule has 2 bridgehead atoms. The summed E-state index contributed by atoms with van der Waals surface area (Å²) >= 11 is 0. The van der Waals surface area contributed by atoms with Crippen LogP contribution in [0.1, 0.15) is 17.9 Å². The topological polar surface area (TPSA) is 75.4 Å². The molecule has 1 aromatic heterocycles. The van der Waals surface area contributed by atoms with E-state index in [1.165, 1.54) is 6.21 Å². The van der Waals surface area contributed by atoms with E-state index in [0.29, 0.717) is 5.76 Å². The maximum atomic E-state index is 12.6. The van der Waals surface area contributed by atoms with Crippen LogP contribution in [0.15, 0.2) is 33.8 Å². The number of allylic oxidation sites excluding steroid dienone is 2. The van der Waals surface area contributed by atoms with Crippen LogP contribution >= 0.6 is 0 Å². The Morgan fingerprint density at radius 3 is 2.46 bits per heavy atom. The van der Waals surface area contributed by atoms with Gasteiger partial charge in [0.1, 0.15) is 11.5 Å². The number of imide groups is 1. The van der Waals surface area contributed by atoms with Crippen molar-refractivity contribution in [2.75, 3.05) is 26.3 Å². The molecular formula is C19H21N3O4. The molecule has 2 saturated heterocycles. The Hall–Kier alpha value is -2.25. The van der Waals surface area contributed by atoms with Crippen LogP contribution < -0.4 is 0 Å². The molecule has 2 amide bonds. The summed E-state index contributed by atoms with van der Waals surface area (Å²) in [6.07, 6.45) is 6.55. The standard InChI is InChI=1S/C19H21N3O4/c23-18-16-12-1-2-13(9-12)17(16)19(24)22(18)20-10-14-3-4-15(26-14)11-21-5-7-25-8-6-21/h1-4,10,12-13,16-17H,5-9,11H2. The van der Waals surface area contributed by atoms with E-state index in [-0.39, 0.29) is 35.5 Å². The molecule has 4 unspecified atom stereocenters. The minimum absolute atomic E-state index is 0.173. The molecule has 1 aromatic rings. The van der Waals surface area contributed by atoms with Gasteiger partial charge in [-0.1, -0.05) is 12.2 Å². The van der Waals surface area contributed by atoms with Crippen molar-refractivity contribution < 1.29 is 18.7 Å². The number of hydrogen-bond acceptors (Lipinski definition) is 6. The monoisotopic (exact) mass is 355 g/mol. The molecule has 4 atom stereocenters. The van der Waals surface area contributed by atoms with Crippen LogP contribution in [-0.4, -0.2) is 54.2 Å². The van der Waals surface area contributed by atoms with Gasteiger partial charge < -0.3 is 9.15 Å². The second-order valence-electron chi connectivity index (χ2n) is 7.43. The SMILES string of the molecule is O=C1C2C3C=CC(C3)C2C(=O)N1N=Cc1ccc(CN2CCOCC2)o1. The number of carbonyl (C=O) groups excluding carboxylic acids is 2. The van der Waals surface area contributed by atoms with E-state index >= 15 is 0 Å². The van der Waals surface area contributed by atoms with Gasteiger partial charge in [0.25, 0.3) is 11.8 Å². The second kappa shape index (κ2) is 6.17. The zero-order valence-electron chi connectivity index (χ0n) is 14.4. The van der Waals surface area contributed by atoms with Gasteiger partial charge >= 0.3 is 0 Å². The number of ether oxygens (including phenoxy) is 1. The molecule has 26 heavy (non-hydrogen) atoms. The molecule has 2 aliphatic carbocycles. The minimum Gasteiger partial charge on any atom is -0.459 e. The maximum absolute atomic E-state index is 12.6. The fourth-order valence-electron chi connectivity index (χ4n) is 4.64. The molecule has 4 aliphatic rings. The first-order valence-corrected chi connectivity index (χ1v) is 9.19. The largest absolute Gasteiger partial charge is 0.459 e. The highest BCUT2D eigenvalue weighted by molar-refractivity contribution is 6.06. The first kappa shape index (κ1) is 16.0. The van der Waals surface area contributed by atoms with Gasteiger partial charge in [-0.25, -0.2) is 0 Å². The van der Waals surface area contributed by atoms with Crippen molar-refractivity contribution in [2.24, 2.45) is 28.8 Å². The molecule has 5 rings (SSSR count). The van der Waals surface area contributed by atoms with Crippen molar-refractivity contribution in [3.8, 4) is 0 Å². The highest BCUT2D eigenvalue weighted by atomic mass is 16.5. The van der Waals surface area contributed by atoms with Gasteiger partial charge in [0.05, 0.1) is 37.8 Å². The molecule has 0 radical (unpaired) electrons. The summed E-state index contributed by atoms with van der Waals surface area (Å²) in [5, 5.41) is 5.20. The van der Waals surface area contributed by atoms with Gasteiger partial charge in [0, 0.05) is 13.1 Å². The van der Waals surface area contributed by atoms with Gasteiger partial charge in [-0.15, -0.1) is 0 Å². The molecule has 1 saturated carbocycles. The lowest BCUT2D eigenvalue weighted by Gasteiger charge is -2.25. The highest BCUT2D eigenvalue weighted by Gasteiger charge is 2.59. The van der Waals surface area contributed by atoms with Gasteiger partial charge in [-0.05, 0) is 30.4 Å². The lowest BCUT2D eigenvalue weighted by atomic mass is 9.85. The van der Waals surface area contributed by atoms with Gasteiger partial charge in [0.2, 0.25) is 0 Å². The molecule has 0 aromatic carbocycles. The molecule has 0 N–H and O–H groups in total. The molecule has 136 valence electrons. The Morgan fingerprint density at radius 1 is 1.08 bits per heavy atom. The average molecular weight is 355 g/mol.